The van der Waals surface area contributed by atoms with E-state index in [9.17, 15) is 26.3 Å². The number of nitrogens with zero attached hydrogens (tertiary/aromatic N) is 6. The number of aliphatic carboxylic acids is 2. The smallest absolute Gasteiger partial charge is 0.475 e. The number of aromatic nitrogens is 5. The minimum Gasteiger partial charge on any atom is -0.475 e. The molecule has 41 heavy (non-hydrogen) atoms. The largest absolute Gasteiger partial charge is 0.490 e. The van der Waals surface area contributed by atoms with Crippen LogP contribution in [-0.2, 0) is 20.9 Å². The van der Waals surface area contributed by atoms with Crippen LogP contribution >= 0.6 is 11.3 Å². The summed E-state index contributed by atoms with van der Waals surface area (Å²) >= 11 is 1.69. The number of ether oxygens (including phenoxy) is 1. The Morgan fingerprint density at radius 2 is 1.61 bits per heavy atom. The lowest BCUT2D eigenvalue weighted by molar-refractivity contribution is -0.193. The lowest BCUT2D eigenvalue weighted by atomic mass is 10.1. The Hall–Kier alpha value is -4.16. The van der Waals surface area contributed by atoms with Crippen molar-refractivity contribution in [1.29, 1.82) is 0 Å². The molecule has 220 valence electrons. The van der Waals surface area contributed by atoms with Crippen molar-refractivity contribution >= 4 is 28.8 Å². The maximum absolute atomic E-state index is 10.6. The van der Waals surface area contributed by atoms with Crippen LogP contribution in [0.3, 0.4) is 0 Å². The van der Waals surface area contributed by atoms with Crippen molar-refractivity contribution in [2.75, 3.05) is 19.7 Å². The first kappa shape index (κ1) is 31.4. The number of fused-ring (bicyclic) bond motifs is 1. The fraction of sp³-hybridized carbons (Fsp3) is 0.304. The molecule has 4 aromatic rings. The minimum absolute atomic E-state index is 0.0806. The Kier molecular flexibility index (Phi) is 10.3. The molecule has 0 saturated carbocycles. The molecule has 0 radical (unpaired) electrons. The van der Waals surface area contributed by atoms with Gasteiger partial charge in [-0.2, -0.15) is 26.3 Å². The van der Waals surface area contributed by atoms with E-state index in [0.29, 0.717) is 6.61 Å². The number of rotatable bonds is 4. The summed E-state index contributed by atoms with van der Waals surface area (Å²) < 4.78 is 71.3. The van der Waals surface area contributed by atoms with Gasteiger partial charge in [-0.05, 0) is 23.8 Å². The first-order chi connectivity index (χ1) is 19.3. The van der Waals surface area contributed by atoms with E-state index in [-0.39, 0.29) is 6.10 Å². The zero-order chi connectivity index (χ0) is 30.2. The molecule has 0 amide bonds. The summed E-state index contributed by atoms with van der Waals surface area (Å²) in [4.78, 5) is 28.6. The number of carboxylic acid groups (broad SMARTS) is 2. The van der Waals surface area contributed by atoms with E-state index in [4.69, 9.17) is 24.5 Å². The number of thiazole rings is 1. The standard InChI is InChI=1S/C19H18N6OS.2C2HF3O2/c1-2-16-19(17-12-24(8-9-26-17)13-18-21-7-10-27-18)22-23-25(16)11-15(1)14-3-5-20-6-4-14;2*3-2(4,5)1(6)7/h1-7,10-11,17H,8-9,12-13H2;2*(H,6,7). The van der Waals surface area contributed by atoms with Crippen molar-refractivity contribution in [2.45, 2.75) is 25.0 Å². The summed E-state index contributed by atoms with van der Waals surface area (Å²) in [6.07, 6.45) is -2.82. The molecule has 18 heteroatoms. The number of morpholine rings is 1. The number of pyridine rings is 2. The van der Waals surface area contributed by atoms with Crippen molar-refractivity contribution in [3.63, 3.8) is 0 Å². The fourth-order valence-corrected chi connectivity index (χ4v) is 4.05. The summed E-state index contributed by atoms with van der Waals surface area (Å²) in [6, 6.07) is 8.13. The van der Waals surface area contributed by atoms with Gasteiger partial charge in [-0.1, -0.05) is 11.3 Å². The number of halogens is 6. The summed E-state index contributed by atoms with van der Waals surface area (Å²) in [5.74, 6) is -5.51. The monoisotopic (exact) mass is 606 g/mol. The quantitative estimate of drug-likeness (QED) is 0.326. The third kappa shape index (κ3) is 9.19. The average Bonchev–Trinajstić information content (AvgIpc) is 3.58. The summed E-state index contributed by atoms with van der Waals surface area (Å²) in [6.45, 7) is 3.23. The van der Waals surface area contributed by atoms with E-state index in [1.807, 2.05) is 34.4 Å². The van der Waals surface area contributed by atoms with Gasteiger partial charge in [0.2, 0.25) is 0 Å². The van der Waals surface area contributed by atoms with Gasteiger partial charge in [0.25, 0.3) is 0 Å². The molecular weight excluding hydrogens is 586 g/mol. The highest BCUT2D eigenvalue weighted by Crippen LogP contribution is 2.27. The molecule has 1 unspecified atom stereocenters. The minimum atomic E-state index is -5.08. The van der Waals surface area contributed by atoms with E-state index in [2.05, 4.69) is 37.3 Å². The third-order valence-corrected chi connectivity index (χ3v) is 6.00. The van der Waals surface area contributed by atoms with Crippen molar-refractivity contribution in [3.8, 4) is 11.1 Å². The molecule has 2 N–H and O–H groups in total. The van der Waals surface area contributed by atoms with Crippen molar-refractivity contribution < 1.29 is 50.9 Å². The predicted octanol–water partition coefficient (Wildman–Crippen LogP) is 4.09. The van der Waals surface area contributed by atoms with Crippen LogP contribution in [0, 0.1) is 0 Å². The van der Waals surface area contributed by atoms with Crippen LogP contribution < -0.4 is 0 Å². The molecule has 1 saturated heterocycles. The Balaban J connectivity index is 0.000000276. The van der Waals surface area contributed by atoms with Crippen molar-refractivity contribution in [3.05, 3.63) is 65.1 Å². The van der Waals surface area contributed by atoms with Gasteiger partial charge in [0.1, 0.15) is 16.8 Å². The van der Waals surface area contributed by atoms with Crippen LogP contribution in [0.5, 0.6) is 0 Å². The van der Waals surface area contributed by atoms with Crippen LogP contribution in [0.1, 0.15) is 16.8 Å². The third-order valence-electron chi connectivity index (χ3n) is 5.24. The highest BCUT2D eigenvalue weighted by molar-refractivity contribution is 7.09. The molecule has 0 bridgehead atoms. The van der Waals surface area contributed by atoms with Crippen LogP contribution in [0.4, 0.5) is 26.3 Å². The molecule has 1 fully saturated rings. The summed E-state index contributed by atoms with van der Waals surface area (Å²) in [5.41, 5.74) is 4.05. The second-order valence-corrected chi connectivity index (χ2v) is 9.06. The second-order valence-electron chi connectivity index (χ2n) is 8.08. The first-order valence-electron chi connectivity index (χ1n) is 11.3. The van der Waals surface area contributed by atoms with E-state index in [1.54, 1.807) is 23.7 Å². The molecule has 1 aliphatic rings. The lowest BCUT2D eigenvalue weighted by Crippen LogP contribution is -2.38. The van der Waals surface area contributed by atoms with Crippen LogP contribution in [0.15, 0.2) is 54.4 Å². The predicted molar refractivity (Wildman–Crippen MR) is 130 cm³/mol. The van der Waals surface area contributed by atoms with Gasteiger partial charge in [-0.25, -0.2) is 19.1 Å². The Morgan fingerprint density at radius 1 is 0.976 bits per heavy atom. The van der Waals surface area contributed by atoms with E-state index in [0.717, 1.165) is 47.0 Å². The molecule has 11 nitrogen and oxygen atoms in total. The molecule has 5 heterocycles. The molecule has 5 rings (SSSR count). The molecule has 1 aliphatic heterocycles. The van der Waals surface area contributed by atoms with Gasteiger partial charge in [0, 0.05) is 48.8 Å². The molecule has 0 spiro atoms. The Labute approximate surface area is 230 Å². The zero-order valence-corrected chi connectivity index (χ0v) is 21.4. The zero-order valence-electron chi connectivity index (χ0n) is 20.6. The van der Waals surface area contributed by atoms with Gasteiger partial charge < -0.3 is 14.9 Å². The number of hydrogen-bond donors (Lipinski definition) is 2. The van der Waals surface area contributed by atoms with Gasteiger partial charge >= 0.3 is 24.3 Å². The first-order valence-corrected chi connectivity index (χ1v) is 12.2. The molecule has 1 atom stereocenters. The SMILES string of the molecule is O=C(O)C(F)(F)F.O=C(O)C(F)(F)F.c1cc(-c2ccc3c(C4CN(Cc5nccs5)CCO4)nnn3c2)ccn1. The van der Waals surface area contributed by atoms with Crippen LogP contribution in [-0.4, -0.2) is 83.9 Å². The number of alkyl halides is 6. The van der Waals surface area contributed by atoms with Gasteiger partial charge in [-0.3, -0.25) is 9.88 Å². The molecule has 4 aromatic heterocycles. The normalized spacial score (nSPS) is 15.8. The maximum atomic E-state index is 10.6. The lowest BCUT2D eigenvalue weighted by Gasteiger charge is -2.31. The van der Waals surface area contributed by atoms with E-state index < -0.39 is 24.3 Å². The second kappa shape index (κ2) is 13.5. The topological polar surface area (TPSA) is 143 Å². The summed E-state index contributed by atoms with van der Waals surface area (Å²) in [7, 11) is 0. The average molecular weight is 607 g/mol. The van der Waals surface area contributed by atoms with Gasteiger partial charge in [0.05, 0.1) is 18.7 Å². The highest BCUT2D eigenvalue weighted by atomic mass is 32.1. The van der Waals surface area contributed by atoms with Crippen LogP contribution in [0.2, 0.25) is 0 Å². The molecular formula is C23H20F6N6O5S. The summed E-state index contributed by atoms with van der Waals surface area (Å²) in [5, 5.41) is 26.1. The van der Waals surface area contributed by atoms with Gasteiger partial charge in [-0.15, -0.1) is 16.4 Å². The maximum Gasteiger partial charge on any atom is 0.490 e. The number of hydrogen-bond acceptors (Lipinski definition) is 9. The molecule has 0 aliphatic carbocycles. The Bertz CT molecular complexity index is 1410. The van der Waals surface area contributed by atoms with E-state index in [1.165, 1.54) is 0 Å². The van der Waals surface area contributed by atoms with Crippen molar-refractivity contribution in [2.24, 2.45) is 0 Å². The highest BCUT2D eigenvalue weighted by Gasteiger charge is 2.38. The Morgan fingerprint density at radius 3 is 2.17 bits per heavy atom. The number of carboxylic acids is 2. The fourth-order valence-electron chi connectivity index (χ4n) is 3.39. The molecule has 0 aromatic carbocycles. The van der Waals surface area contributed by atoms with Crippen LogP contribution in [0.25, 0.3) is 16.6 Å². The van der Waals surface area contributed by atoms with Gasteiger partial charge in [0.15, 0.2) is 0 Å². The van der Waals surface area contributed by atoms with Crippen molar-refractivity contribution in [1.82, 2.24) is 29.7 Å². The van der Waals surface area contributed by atoms with E-state index >= 15 is 0 Å². The number of carbonyl (C=O) groups is 2.